The van der Waals surface area contributed by atoms with Crippen molar-refractivity contribution in [2.75, 3.05) is 11.9 Å². The van der Waals surface area contributed by atoms with Crippen LogP contribution in [-0.4, -0.2) is 22.9 Å². The largest absolute Gasteiger partial charge is 0.295 e. The van der Waals surface area contributed by atoms with Gasteiger partial charge in [-0.3, -0.25) is 14.5 Å². The molecule has 0 aliphatic heterocycles. The Kier molecular flexibility index (Phi) is 4.32. The molecule has 0 saturated carbocycles. The van der Waals surface area contributed by atoms with Crippen LogP contribution in [-0.2, 0) is 0 Å². The summed E-state index contributed by atoms with van der Waals surface area (Å²) in [7, 11) is 1.68. The minimum Gasteiger partial charge on any atom is -0.295 e. The van der Waals surface area contributed by atoms with Crippen LogP contribution in [0, 0.1) is 0 Å². The van der Waals surface area contributed by atoms with Crippen LogP contribution in [0.3, 0.4) is 0 Å². The van der Waals surface area contributed by atoms with Crippen LogP contribution in [0.4, 0.5) is 5.82 Å². The SMILES string of the molecule is CN(C(=O)c1cccs1)c1cccc(-c2nc(=O)c3ccccc3s2)n1. The highest BCUT2D eigenvalue weighted by Gasteiger charge is 2.16. The Morgan fingerprint density at radius 2 is 1.85 bits per heavy atom. The average molecular weight is 379 g/mol. The number of nitrogens with zero attached hydrogens (tertiary/aromatic N) is 3. The molecule has 0 radical (unpaired) electrons. The molecule has 0 aliphatic carbocycles. The third-order valence-electron chi connectivity index (χ3n) is 3.86. The van der Waals surface area contributed by atoms with E-state index >= 15 is 0 Å². The molecule has 1 amide bonds. The Labute approximate surface area is 157 Å². The molecule has 7 heteroatoms. The van der Waals surface area contributed by atoms with Crippen molar-refractivity contribution >= 4 is 44.5 Å². The van der Waals surface area contributed by atoms with E-state index in [9.17, 15) is 9.59 Å². The van der Waals surface area contributed by atoms with Gasteiger partial charge >= 0.3 is 0 Å². The van der Waals surface area contributed by atoms with Crippen molar-refractivity contribution in [1.82, 2.24) is 9.97 Å². The number of aromatic nitrogens is 2. The molecule has 4 rings (SSSR count). The lowest BCUT2D eigenvalue weighted by Gasteiger charge is -2.16. The summed E-state index contributed by atoms with van der Waals surface area (Å²) >= 11 is 2.79. The van der Waals surface area contributed by atoms with Gasteiger partial charge in [0.15, 0.2) is 0 Å². The smallest absolute Gasteiger partial charge is 0.279 e. The summed E-state index contributed by atoms with van der Waals surface area (Å²) in [6, 6.07) is 16.4. The molecule has 26 heavy (non-hydrogen) atoms. The maximum Gasteiger partial charge on any atom is 0.279 e. The Balaban J connectivity index is 1.74. The third-order valence-corrected chi connectivity index (χ3v) is 5.79. The van der Waals surface area contributed by atoms with E-state index < -0.39 is 0 Å². The van der Waals surface area contributed by atoms with Gasteiger partial charge in [-0.05, 0) is 35.7 Å². The fourth-order valence-electron chi connectivity index (χ4n) is 2.52. The van der Waals surface area contributed by atoms with Crippen LogP contribution in [0.25, 0.3) is 20.8 Å². The van der Waals surface area contributed by atoms with Gasteiger partial charge in [0.1, 0.15) is 16.5 Å². The summed E-state index contributed by atoms with van der Waals surface area (Å²) < 4.78 is 0.859. The molecule has 0 saturated heterocycles. The second kappa shape index (κ2) is 6.78. The lowest BCUT2D eigenvalue weighted by atomic mass is 10.3. The molecule has 3 aromatic heterocycles. The number of fused-ring (bicyclic) bond motifs is 1. The lowest BCUT2D eigenvalue weighted by molar-refractivity contribution is 0.0996. The maximum atomic E-state index is 12.5. The standard InChI is InChI=1S/C19H13N3O2S2/c1-22(19(24)15-9-5-11-25-15)16-10-4-7-13(20-16)18-21-17(23)12-6-2-3-8-14(12)26-18/h2-11H,1H3. The molecular formula is C19H13N3O2S2. The number of rotatable bonds is 3. The summed E-state index contributed by atoms with van der Waals surface area (Å²) in [5.41, 5.74) is 0.297. The first-order valence-corrected chi connectivity index (χ1v) is 9.52. The topological polar surface area (TPSA) is 63.2 Å². The lowest BCUT2D eigenvalue weighted by Crippen LogP contribution is -2.26. The summed E-state index contributed by atoms with van der Waals surface area (Å²) in [5.74, 6) is 0.389. The van der Waals surface area contributed by atoms with Crippen molar-refractivity contribution in [3.8, 4) is 10.7 Å². The quantitative estimate of drug-likeness (QED) is 0.539. The zero-order chi connectivity index (χ0) is 18.1. The van der Waals surface area contributed by atoms with E-state index in [2.05, 4.69) is 9.97 Å². The number of hydrogen-bond acceptors (Lipinski definition) is 6. The monoisotopic (exact) mass is 379 g/mol. The first-order valence-electron chi connectivity index (χ1n) is 7.82. The van der Waals surface area contributed by atoms with Crippen molar-refractivity contribution in [3.05, 3.63) is 75.2 Å². The summed E-state index contributed by atoms with van der Waals surface area (Å²) in [5, 5.41) is 3.00. The predicted octanol–water partition coefficient (Wildman–Crippen LogP) is 4.06. The van der Waals surface area contributed by atoms with E-state index in [-0.39, 0.29) is 11.5 Å². The summed E-state index contributed by atoms with van der Waals surface area (Å²) in [4.78, 5) is 35.6. The van der Waals surface area contributed by atoms with Crippen molar-refractivity contribution in [2.45, 2.75) is 0 Å². The fourth-order valence-corrected chi connectivity index (χ4v) is 4.19. The molecule has 0 spiro atoms. The zero-order valence-corrected chi connectivity index (χ0v) is 15.4. The van der Waals surface area contributed by atoms with Crippen molar-refractivity contribution in [1.29, 1.82) is 0 Å². The van der Waals surface area contributed by atoms with Gasteiger partial charge < -0.3 is 0 Å². The van der Waals surface area contributed by atoms with E-state index in [4.69, 9.17) is 0 Å². The highest BCUT2D eigenvalue weighted by atomic mass is 32.1. The fraction of sp³-hybridized carbons (Fsp3) is 0.0526. The van der Waals surface area contributed by atoms with Crippen LogP contribution in [0.2, 0.25) is 0 Å². The molecule has 128 valence electrons. The summed E-state index contributed by atoms with van der Waals surface area (Å²) in [6.45, 7) is 0. The Bertz CT molecular complexity index is 1150. The van der Waals surface area contributed by atoms with Crippen LogP contribution < -0.4 is 10.5 Å². The number of amides is 1. The van der Waals surface area contributed by atoms with Crippen LogP contribution in [0.1, 0.15) is 9.67 Å². The minimum atomic E-state index is -0.274. The predicted molar refractivity (Wildman–Crippen MR) is 106 cm³/mol. The molecule has 0 bridgehead atoms. The molecule has 5 nitrogen and oxygen atoms in total. The zero-order valence-electron chi connectivity index (χ0n) is 13.7. The van der Waals surface area contributed by atoms with Gasteiger partial charge in [0.2, 0.25) is 0 Å². The van der Waals surface area contributed by atoms with Crippen molar-refractivity contribution < 1.29 is 4.79 Å². The highest BCUT2D eigenvalue weighted by Crippen LogP contribution is 2.26. The summed E-state index contributed by atoms with van der Waals surface area (Å²) in [6.07, 6.45) is 0. The number of carbonyl (C=O) groups is 1. The van der Waals surface area contributed by atoms with Gasteiger partial charge in [0.25, 0.3) is 11.5 Å². The normalized spacial score (nSPS) is 10.8. The number of thiophene rings is 1. The van der Waals surface area contributed by atoms with Gasteiger partial charge in [0.05, 0.1) is 10.3 Å². The molecule has 0 unspecified atom stereocenters. The number of pyridine rings is 1. The Morgan fingerprint density at radius 3 is 2.65 bits per heavy atom. The molecule has 3 heterocycles. The van der Waals surface area contributed by atoms with Crippen molar-refractivity contribution in [3.63, 3.8) is 0 Å². The van der Waals surface area contributed by atoms with Gasteiger partial charge in [-0.25, -0.2) is 4.98 Å². The van der Waals surface area contributed by atoms with E-state index in [1.54, 1.807) is 31.3 Å². The number of hydrogen-bond donors (Lipinski definition) is 0. The Morgan fingerprint density at radius 1 is 1.00 bits per heavy atom. The van der Waals surface area contributed by atoms with E-state index in [0.717, 1.165) is 4.70 Å². The van der Waals surface area contributed by atoms with E-state index in [0.29, 0.717) is 26.8 Å². The van der Waals surface area contributed by atoms with Gasteiger partial charge in [-0.2, -0.15) is 4.98 Å². The van der Waals surface area contributed by atoms with Gasteiger partial charge in [-0.15, -0.1) is 22.7 Å². The second-order valence-corrected chi connectivity index (χ2v) is 7.52. The maximum absolute atomic E-state index is 12.5. The number of carbonyl (C=O) groups excluding carboxylic acids is 1. The minimum absolute atomic E-state index is 0.121. The second-order valence-electron chi connectivity index (χ2n) is 5.54. The first kappa shape index (κ1) is 16.6. The first-order chi connectivity index (χ1) is 12.6. The van der Waals surface area contributed by atoms with Crippen molar-refractivity contribution in [2.24, 2.45) is 0 Å². The molecule has 0 atom stereocenters. The molecule has 0 N–H and O–H groups in total. The number of anilines is 1. The molecule has 4 aromatic rings. The van der Waals surface area contributed by atoms with Gasteiger partial charge in [-0.1, -0.05) is 24.3 Å². The molecule has 1 aromatic carbocycles. The van der Waals surface area contributed by atoms with Crippen LogP contribution in [0.15, 0.2) is 64.8 Å². The molecular weight excluding hydrogens is 366 g/mol. The van der Waals surface area contributed by atoms with E-state index in [1.165, 1.54) is 27.6 Å². The average Bonchev–Trinajstić information content (AvgIpc) is 3.22. The van der Waals surface area contributed by atoms with E-state index in [1.807, 2.05) is 35.7 Å². The van der Waals surface area contributed by atoms with Gasteiger partial charge in [0, 0.05) is 11.7 Å². The Hall–Kier alpha value is -2.90. The van der Waals surface area contributed by atoms with Crippen LogP contribution in [0.5, 0.6) is 0 Å². The molecule has 0 fully saturated rings. The van der Waals surface area contributed by atoms with Crippen LogP contribution >= 0.6 is 22.7 Å². The number of benzene rings is 1. The third kappa shape index (κ3) is 3.02. The molecule has 0 aliphatic rings. The highest BCUT2D eigenvalue weighted by molar-refractivity contribution is 7.21.